The Labute approximate surface area is 151 Å². The summed E-state index contributed by atoms with van der Waals surface area (Å²) in [5.74, 6) is -1.54. The summed E-state index contributed by atoms with van der Waals surface area (Å²) in [4.78, 5) is 27.7. The molecule has 0 bridgehead atoms. The molecule has 0 aliphatic heterocycles. The molecule has 1 atom stereocenters. The molecule has 0 saturated carbocycles. The molecular formula is C19H21FN2O4. The second-order valence-electron chi connectivity index (χ2n) is 6.76. The van der Waals surface area contributed by atoms with Crippen LogP contribution in [0.3, 0.4) is 0 Å². The van der Waals surface area contributed by atoms with Crippen LogP contribution in [0, 0.1) is 5.82 Å². The Hall–Kier alpha value is -2.96. The summed E-state index contributed by atoms with van der Waals surface area (Å²) in [5.41, 5.74) is 1.05. The molecule has 7 heteroatoms. The molecule has 0 aliphatic carbocycles. The number of hydrogen-bond donors (Lipinski definition) is 2. The summed E-state index contributed by atoms with van der Waals surface area (Å²) in [7, 11) is 0. The molecule has 1 aromatic heterocycles. The fourth-order valence-corrected chi connectivity index (χ4v) is 2.23. The van der Waals surface area contributed by atoms with Crippen molar-refractivity contribution in [2.45, 2.75) is 38.8 Å². The van der Waals surface area contributed by atoms with E-state index in [2.05, 4.69) is 10.3 Å². The van der Waals surface area contributed by atoms with Crippen molar-refractivity contribution in [1.29, 1.82) is 0 Å². The zero-order chi connectivity index (χ0) is 19.3. The van der Waals surface area contributed by atoms with Gasteiger partial charge in [-0.1, -0.05) is 6.07 Å². The number of ether oxygens (including phenoxy) is 1. The number of carbonyl (C=O) groups is 2. The first-order chi connectivity index (χ1) is 12.1. The third-order valence-electron chi connectivity index (χ3n) is 3.35. The van der Waals surface area contributed by atoms with E-state index in [0.29, 0.717) is 17.0 Å². The van der Waals surface area contributed by atoms with Crippen LogP contribution in [0.2, 0.25) is 0 Å². The van der Waals surface area contributed by atoms with Crippen LogP contribution in [0.1, 0.15) is 26.5 Å². The zero-order valence-corrected chi connectivity index (χ0v) is 14.8. The van der Waals surface area contributed by atoms with Crippen molar-refractivity contribution in [2.24, 2.45) is 0 Å². The van der Waals surface area contributed by atoms with Gasteiger partial charge >= 0.3 is 12.1 Å². The number of benzene rings is 1. The van der Waals surface area contributed by atoms with Gasteiger partial charge in [0.1, 0.15) is 17.5 Å². The molecule has 1 unspecified atom stereocenters. The molecular weight excluding hydrogens is 339 g/mol. The lowest BCUT2D eigenvalue weighted by molar-refractivity contribution is -0.139. The average molecular weight is 360 g/mol. The number of nitrogens with zero attached hydrogens (tertiary/aromatic N) is 1. The number of halogens is 1. The zero-order valence-electron chi connectivity index (χ0n) is 14.8. The standard InChI is InChI=1S/C19H21FN2O4/c1-19(2,3)26-18(25)22-16(17(23)24)11-14-5-4-6-15(21-14)12-7-9-13(20)10-8-12/h4-10,16H,11H2,1-3H3,(H,22,25)(H,23,24). The predicted octanol–water partition coefficient (Wildman–Crippen LogP) is 3.41. The van der Waals surface area contributed by atoms with Gasteiger partial charge in [0.25, 0.3) is 0 Å². The summed E-state index contributed by atoms with van der Waals surface area (Å²) in [6, 6.07) is 9.80. The van der Waals surface area contributed by atoms with E-state index in [4.69, 9.17) is 4.74 Å². The summed E-state index contributed by atoms with van der Waals surface area (Å²) >= 11 is 0. The van der Waals surface area contributed by atoms with Crippen LogP contribution in [0.25, 0.3) is 11.3 Å². The van der Waals surface area contributed by atoms with E-state index in [-0.39, 0.29) is 12.2 Å². The Bertz CT molecular complexity index is 785. The van der Waals surface area contributed by atoms with Gasteiger partial charge < -0.3 is 15.2 Å². The number of rotatable bonds is 5. The van der Waals surface area contributed by atoms with E-state index >= 15 is 0 Å². The van der Waals surface area contributed by atoms with Gasteiger partial charge in [-0.15, -0.1) is 0 Å². The first kappa shape index (κ1) is 19.4. The van der Waals surface area contributed by atoms with Gasteiger partial charge in [0.15, 0.2) is 0 Å². The van der Waals surface area contributed by atoms with Crippen LogP contribution in [-0.4, -0.2) is 33.8 Å². The minimum Gasteiger partial charge on any atom is -0.480 e. The molecule has 2 aromatic rings. The number of amides is 1. The Morgan fingerprint density at radius 2 is 1.85 bits per heavy atom. The number of nitrogens with one attached hydrogen (secondary N) is 1. The van der Waals surface area contributed by atoms with Crippen LogP contribution in [-0.2, 0) is 16.0 Å². The molecule has 138 valence electrons. The van der Waals surface area contributed by atoms with E-state index < -0.39 is 23.7 Å². The lowest BCUT2D eigenvalue weighted by Gasteiger charge is -2.22. The van der Waals surface area contributed by atoms with Crippen molar-refractivity contribution in [1.82, 2.24) is 10.3 Å². The molecule has 2 N–H and O–H groups in total. The number of aliphatic carboxylic acids is 1. The molecule has 2 rings (SSSR count). The summed E-state index contributed by atoms with van der Waals surface area (Å²) in [6.45, 7) is 5.07. The smallest absolute Gasteiger partial charge is 0.408 e. The number of pyridine rings is 1. The normalized spacial score (nSPS) is 12.3. The Kier molecular flexibility index (Phi) is 5.92. The van der Waals surface area contributed by atoms with Crippen LogP contribution >= 0.6 is 0 Å². The van der Waals surface area contributed by atoms with E-state index in [1.165, 1.54) is 12.1 Å². The second kappa shape index (κ2) is 7.95. The first-order valence-electron chi connectivity index (χ1n) is 8.08. The molecule has 0 saturated heterocycles. The molecule has 0 spiro atoms. The van der Waals surface area contributed by atoms with Gasteiger partial charge in [-0.3, -0.25) is 4.98 Å². The number of carboxylic acid groups (broad SMARTS) is 1. The van der Waals surface area contributed by atoms with Crippen molar-refractivity contribution in [2.75, 3.05) is 0 Å². The Morgan fingerprint density at radius 3 is 2.42 bits per heavy atom. The van der Waals surface area contributed by atoms with E-state index in [9.17, 15) is 19.1 Å². The fourth-order valence-electron chi connectivity index (χ4n) is 2.23. The molecule has 1 heterocycles. The second-order valence-corrected chi connectivity index (χ2v) is 6.76. The SMILES string of the molecule is CC(C)(C)OC(=O)NC(Cc1cccc(-c2ccc(F)cc2)n1)C(=O)O. The van der Waals surface area contributed by atoms with Gasteiger partial charge in [0.2, 0.25) is 0 Å². The van der Waals surface area contributed by atoms with E-state index in [1.54, 1.807) is 51.1 Å². The van der Waals surface area contributed by atoms with Gasteiger partial charge in [-0.2, -0.15) is 0 Å². The van der Waals surface area contributed by atoms with Crippen LogP contribution < -0.4 is 5.32 Å². The highest BCUT2D eigenvalue weighted by molar-refractivity contribution is 5.80. The summed E-state index contributed by atoms with van der Waals surface area (Å²) in [6.07, 6.45) is -0.816. The number of aromatic nitrogens is 1. The number of carbonyl (C=O) groups excluding carboxylic acids is 1. The van der Waals surface area contributed by atoms with Crippen LogP contribution in [0.5, 0.6) is 0 Å². The Morgan fingerprint density at radius 1 is 1.19 bits per heavy atom. The van der Waals surface area contributed by atoms with Crippen LogP contribution in [0.4, 0.5) is 9.18 Å². The molecule has 1 amide bonds. The van der Waals surface area contributed by atoms with Crippen molar-refractivity contribution in [3.8, 4) is 11.3 Å². The third kappa shape index (κ3) is 5.84. The quantitative estimate of drug-likeness (QED) is 0.853. The third-order valence-corrected chi connectivity index (χ3v) is 3.35. The number of carboxylic acids is 1. The minimum atomic E-state index is -1.19. The minimum absolute atomic E-state index is 0.0103. The fraction of sp³-hybridized carbons (Fsp3) is 0.316. The lowest BCUT2D eigenvalue weighted by Crippen LogP contribution is -2.44. The molecule has 0 aliphatic rings. The average Bonchev–Trinajstić information content (AvgIpc) is 2.53. The van der Waals surface area contributed by atoms with Crippen molar-refractivity contribution < 1.29 is 23.8 Å². The highest BCUT2D eigenvalue weighted by atomic mass is 19.1. The lowest BCUT2D eigenvalue weighted by atomic mass is 10.1. The van der Waals surface area contributed by atoms with Crippen molar-refractivity contribution in [3.05, 3.63) is 54.0 Å². The molecule has 26 heavy (non-hydrogen) atoms. The maximum Gasteiger partial charge on any atom is 0.408 e. The predicted molar refractivity (Wildman–Crippen MR) is 94.1 cm³/mol. The largest absolute Gasteiger partial charge is 0.480 e. The Balaban J connectivity index is 2.14. The summed E-state index contributed by atoms with van der Waals surface area (Å²) < 4.78 is 18.1. The first-order valence-corrected chi connectivity index (χ1v) is 8.08. The maximum atomic E-state index is 13.0. The van der Waals surface area contributed by atoms with Crippen molar-refractivity contribution >= 4 is 12.1 Å². The van der Waals surface area contributed by atoms with Gasteiger partial charge in [-0.25, -0.2) is 14.0 Å². The molecule has 6 nitrogen and oxygen atoms in total. The highest BCUT2D eigenvalue weighted by Gasteiger charge is 2.24. The highest BCUT2D eigenvalue weighted by Crippen LogP contribution is 2.18. The van der Waals surface area contributed by atoms with Gasteiger partial charge in [0.05, 0.1) is 5.69 Å². The topological polar surface area (TPSA) is 88.5 Å². The van der Waals surface area contributed by atoms with E-state index in [0.717, 1.165) is 0 Å². The van der Waals surface area contributed by atoms with Crippen LogP contribution in [0.15, 0.2) is 42.5 Å². The monoisotopic (exact) mass is 360 g/mol. The number of alkyl carbamates (subject to hydrolysis) is 1. The summed E-state index contributed by atoms with van der Waals surface area (Å²) in [5, 5.41) is 11.7. The van der Waals surface area contributed by atoms with Crippen molar-refractivity contribution in [3.63, 3.8) is 0 Å². The molecule has 1 aromatic carbocycles. The molecule has 0 fully saturated rings. The van der Waals surface area contributed by atoms with E-state index in [1.807, 2.05) is 0 Å². The van der Waals surface area contributed by atoms with Gasteiger partial charge in [-0.05, 0) is 57.2 Å². The maximum absolute atomic E-state index is 13.0. The van der Waals surface area contributed by atoms with Gasteiger partial charge in [0, 0.05) is 17.7 Å². The molecule has 0 radical (unpaired) electrons. The number of hydrogen-bond acceptors (Lipinski definition) is 4.